The maximum atomic E-state index is 12.3. The van der Waals surface area contributed by atoms with Gasteiger partial charge >= 0.3 is 5.97 Å². The summed E-state index contributed by atoms with van der Waals surface area (Å²) in [6.45, 7) is 2.12. The number of ether oxygens (including phenoxy) is 2. The van der Waals surface area contributed by atoms with Gasteiger partial charge in [0.25, 0.3) is 5.56 Å². The van der Waals surface area contributed by atoms with Gasteiger partial charge in [0, 0.05) is 0 Å². The van der Waals surface area contributed by atoms with Crippen molar-refractivity contribution >= 4 is 16.9 Å². The Bertz CT molecular complexity index is 932. The minimum absolute atomic E-state index is 0.0794. The van der Waals surface area contributed by atoms with E-state index >= 15 is 0 Å². The maximum absolute atomic E-state index is 12.3. The number of para-hydroxylation sites is 1. The van der Waals surface area contributed by atoms with Crippen molar-refractivity contribution < 1.29 is 14.3 Å². The summed E-state index contributed by atoms with van der Waals surface area (Å²) in [6.07, 6.45) is 1.46. The van der Waals surface area contributed by atoms with Gasteiger partial charge in [-0.15, -0.1) is 0 Å². The number of esters is 1. The summed E-state index contributed by atoms with van der Waals surface area (Å²) in [7, 11) is 0. The molecule has 0 saturated carbocycles. The number of nitrogens with zero attached hydrogens (tertiary/aromatic N) is 2. The Morgan fingerprint density at radius 1 is 1.12 bits per heavy atom. The van der Waals surface area contributed by atoms with Crippen molar-refractivity contribution in [1.82, 2.24) is 9.55 Å². The zero-order valence-corrected chi connectivity index (χ0v) is 13.8. The minimum atomic E-state index is -0.484. The van der Waals surface area contributed by atoms with Gasteiger partial charge in [-0.1, -0.05) is 29.8 Å². The first kappa shape index (κ1) is 16.7. The molecule has 0 saturated heterocycles. The Balaban J connectivity index is 1.51. The van der Waals surface area contributed by atoms with Crippen LogP contribution in [0.4, 0.5) is 0 Å². The second-order valence-corrected chi connectivity index (χ2v) is 5.58. The van der Waals surface area contributed by atoms with Gasteiger partial charge in [-0.2, -0.15) is 0 Å². The number of fused-ring (bicyclic) bond motifs is 1. The van der Waals surface area contributed by atoms with E-state index in [1.807, 2.05) is 25.1 Å². The molecule has 2 aromatic carbocycles. The van der Waals surface area contributed by atoms with Crippen LogP contribution in [0.25, 0.3) is 10.9 Å². The van der Waals surface area contributed by atoms with Crippen molar-refractivity contribution in [1.29, 1.82) is 0 Å². The summed E-state index contributed by atoms with van der Waals surface area (Å²) >= 11 is 0. The molecule has 0 radical (unpaired) electrons. The molecule has 25 heavy (non-hydrogen) atoms. The number of rotatable bonds is 6. The molecule has 6 heteroatoms. The third-order valence-electron chi connectivity index (χ3n) is 3.70. The van der Waals surface area contributed by atoms with Crippen LogP contribution in [0.5, 0.6) is 5.75 Å². The number of hydrogen-bond donors (Lipinski definition) is 0. The highest BCUT2D eigenvalue weighted by molar-refractivity contribution is 5.76. The molecule has 0 aliphatic carbocycles. The molecule has 3 rings (SSSR count). The molecule has 3 aromatic rings. The summed E-state index contributed by atoms with van der Waals surface area (Å²) in [5.41, 5.74) is 1.61. The highest BCUT2D eigenvalue weighted by Gasteiger charge is 2.06. The lowest BCUT2D eigenvalue weighted by atomic mass is 10.2. The normalized spacial score (nSPS) is 10.6. The average molecular weight is 338 g/mol. The van der Waals surface area contributed by atoms with Crippen LogP contribution in [0.1, 0.15) is 5.56 Å². The highest BCUT2D eigenvalue weighted by atomic mass is 16.6. The quantitative estimate of drug-likeness (QED) is 0.645. The Labute approximate surface area is 144 Å². The fourth-order valence-corrected chi connectivity index (χ4v) is 2.34. The number of aryl methyl sites for hydroxylation is 1. The molecule has 128 valence electrons. The van der Waals surface area contributed by atoms with E-state index < -0.39 is 5.97 Å². The zero-order valence-electron chi connectivity index (χ0n) is 13.8. The third kappa shape index (κ3) is 4.23. The summed E-state index contributed by atoms with van der Waals surface area (Å²) in [5, 5.41) is 0.541. The number of benzene rings is 2. The predicted octanol–water partition coefficient (Wildman–Crippen LogP) is 2.33. The van der Waals surface area contributed by atoms with Crippen molar-refractivity contribution in [3.8, 4) is 5.75 Å². The monoisotopic (exact) mass is 338 g/mol. The van der Waals surface area contributed by atoms with Crippen LogP contribution in [-0.4, -0.2) is 28.7 Å². The van der Waals surface area contributed by atoms with Crippen molar-refractivity contribution in [2.75, 3.05) is 13.2 Å². The largest absolute Gasteiger partial charge is 0.482 e. The second-order valence-electron chi connectivity index (χ2n) is 5.58. The van der Waals surface area contributed by atoms with E-state index in [4.69, 9.17) is 9.47 Å². The molecule has 1 heterocycles. The van der Waals surface area contributed by atoms with Gasteiger partial charge in [0.15, 0.2) is 6.61 Å². The fraction of sp³-hybridized carbons (Fsp3) is 0.211. The van der Waals surface area contributed by atoms with Gasteiger partial charge in [0.05, 0.1) is 23.8 Å². The Hall–Kier alpha value is -3.15. The first-order valence-corrected chi connectivity index (χ1v) is 7.93. The van der Waals surface area contributed by atoms with Crippen LogP contribution in [0.3, 0.4) is 0 Å². The van der Waals surface area contributed by atoms with Gasteiger partial charge in [-0.25, -0.2) is 9.78 Å². The van der Waals surface area contributed by atoms with Crippen LogP contribution in [0.2, 0.25) is 0 Å². The van der Waals surface area contributed by atoms with Crippen LogP contribution >= 0.6 is 0 Å². The molecule has 0 unspecified atom stereocenters. The van der Waals surface area contributed by atoms with E-state index in [1.54, 1.807) is 30.3 Å². The fourth-order valence-electron chi connectivity index (χ4n) is 2.34. The van der Waals surface area contributed by atoms with E-state index in [1.165, 1.54) is 10.9 Å². The lowest BCUT2D eigenvalue weighted by Crippen LogP contribution is -2.24. The highest BCUT2D eigenvalue weighted by Crippen LogP contribution is 2.11. The van der Waals surface area contributed by atoms with Gasteiger partial charge in [0.2, 0.25) is 0 Å². The topological polar surface area (TPSA) is 70.4 Å². The van der Waals surface area contributed by atoms with Crippen molar-refractivity contribution in [3.63, 3.8) is 0 Å². The zero-order chi connectivity index (χ0) is 17.6. The van der Waals surface area contributed by atoms with Crippen molar-refractivity contribution in [2.24, 2.45) is 0 Å². The average Bonchev–Trinajstić information content (AvgIpc) is 2.63. The van der Waals surface area contributed by atoms with Gasteiger partial charge in [0.1, 0.15) is 12.4 Å². The first-order valence-electron chi connectivity index (χ1n) is 7.93. The number of carbonyl (C=O) groups excluding carboxylic acids is 1. The molecule has 0 amide bonds. The molecule has 0 spiro atoms. The van der Waals surface area contributed by atoms with Crippen LogP contribution in [0, 0.1) is 6.92 Å². The first-order chi connectivity index (χ1) is 12.1. The Morgan fingerprint density at radius 3 is 2.68 bits per heavy atom. The molecule has 0 atom stereocenters. The molecule has 1 aromatic heterocycles. The number of carbonyl (C=O) groups is 1. The molecular formula is C19H18N2O4. The van der Waals surface area contributed by atoms with Crippen molar-refractivity contribution in [2.45, 2.75) is 13.5 Å². The van der Waals surface area contributed by atoms with Gasteiger partial charge < -0.3 is 9.47 Å². The standard InChI is InChI=1S/C19H18N2O4/c1-14-6-8-15(9-7-14)25-12-18(22)24-11-10-21-13-20-17-5-3-2-4-16(17)19(21)23/h2-9,13H,10-12H2,1H3. The predicted molar refractivity (Wildman–Crippen MR) is 93.6 cm³/mol. The number of hydrogen-bond acceptors (Lipinski definition) is 5. The number of aromatic nitrogens is 2. The summed E-state index contributed by atoms with van der Waals surface area (Å²) in [5.74, 6) is 0.125. The third-order valence-corrected chi connectivity index (χ3v) is 3.70. The van der Waals surface area contributed by atoms with Gasteiger partial charge in [-0.3, -0.25) is 9.36 Å². The van der Waals surface area contributed by atoms with Crippen LogP contribution in [-0.2, 0) is 16.1 Å². The summed E-state index contributed by atoms with van der Waals surface area (Å²) < 4.78 is 11.9. The van der Waals surface area contributed by atoms with Crippen molar-refractivity contribution in [3.05, 3.63) is 70.8 Å². The second kappa shape index (κ2) is 7.61. The molecule has 6 nitrogen and oxygen atoms in total. The summed E-state index contributed by atoms with van der Waals surface area (Å²) in [6, 6.07) is 14.5. The molecule has 0 bridgehead atoms. The molecule has 0 aliphatic heterocycles. The van der Waals surface area contributed by atoms with Crippen LogP contribution < -0.4 is 10.3 Å². The van der Waals surface area contributed by atoms with Crippen LogP contribution in [0.15, 0.2) is 59.7 Å². The smallest absolute Gasteiger partial charge is 0.344 e. The van der Waals surface area contributed by atoms with E-state index in [-0.39, 0.29) is 25.3 Å². The minimum Gasteiger partial charge on any atom is -0.482 e. The molecule has 0 fully saturated rings. The van der Waals surface area contributed by atoms with E-state index in [9.17, 15) is 9.59 Å². The lowest BCUT2D eigenvalue weighted by Gasteiger charge is -2.09. The Morgan fingerprint density at radius 2 is 1.88 bits per heavy atom. The maximum Gasteiger partial charge on any atom is 0.344 e. The summed E-state index contributed by atoms with van der Waals surface area (Å²) in [4.78, 5) is 28.2. The molecule has 0 N–H and O–H groups in total. The van der Waals surface area contributed by atoms with Gasteiger partial charge in [-0.05, 0) is 31.2 Å². The molecular weight excluding hydrogens is 320 g/mol. The van der Waals surface area contributed by atoms with E-state index in [0.717, 1.165) is 5.56 Å². The Kier molecular flexibility index (Phi) is 5.09. The molecule has 0 aliphatic rings. The SMILES string of the molecule is Cc1ccc(OCC(=O)OCCn2cnc3ccccc3c2=O)cc1. The van der Waals surface area contributed by atoms with E-state index in [0.29, 0.717) is 16.7 Å². The lowest BCUT2D eigenvalue weighted by molar-refractivity contribution is -0.146. The van der Waals surface area contributed by atoms with E-state index in [2.05, 4.69) is 4.98 Å².